The first-order valence-corrected chi connectivity index (χ1v) is 17.4. The summed E-state index contributed by atoms with van der Waals surface area (Å²) in [5.41, 5.74) is 5.24. The van der Waals surface area contributed by atoms with Crippen molar-refractivity contribution in [2.75, 3.05) is 37.6 Å². The van der Waals surface area contributed by atoms with Crippen molar-refractivity contribution < 1.29 is 9.90 Å². The number of carboxylic acid groups (broad SMARTS) is 1. The fourth-order valence-electron chi connectivity index (χ4n) is 8.21. The molecule has 4 atom stereocenters. The van der Waals surface area contributed by atoms with Crippen LogP contribution < -0.4 is 4.90 Å². The first-order chi connectivity index (χ1) is 21.0. The van der Waals surface area contributed by atoms with Gasteiger partial charge in [0.25, 0.3) is 0 Å². The van der Waals surface area contributed by atoms with Gasteiger partial charge in [-0.3, -0.25) is 9.69 Å². The van der Waals surface area contributed by atoms with Crippen LogP contribution in [0.2, 0.25) is 0 Å². The number of benzene rings is 2. The lowest BCUT2D eigenvalue weighted by Crippen LogP contribution is -2.46. The molecule has 0 radical (unpaired) electrons. The SMILES string of the molecule is CCc1ccccc1N(c1nc(C)cs1)C1CCN(C[C@H]2CN([C@@H]3CCCCC3CC(=O)O)C[C@@H]2c2ccccc2)CC1. The van der Waals surface area contributed by atoms with Crippen LogP contribution in [0.1, 0.15) is 74.6 Å². The Morgan fingerprint density at radius 1 is 0.977 bits per heavy atom. The second-order valence-electron chi connectivity index (χ2n) is 13.1. The molecule has 7 heteroatoms. The molecule has 1 aromatic heterocycles. The molecule has 1 saturated carbocycles. The highest BCUT2D eigenvalue weighted by Gasteiger charge is 2.41. The van der Waals surface area contributed by atoms with Crippen molar-refractivity contribution >= 4 is 28.1 Å². The van der Waals surface area contributed by atoms with Crippen LogP contribution in [0.3, 0.4) is 0 Å². The molecule has 0 spiro atoms. The van der Waals surface area contributed by atoms with E-state index in [9.17, 15) is 9.90 Å². The molecule has 1 aliphatic carbocycles. The highest BCUT2D eigenvalue weighted by Crippen LogP contribution is 2.41. The number of carboxylic acids is 1. The summed E-state index contributed by atoms with van der Waals surface area (Å²) in [7, 11) is 0. The van der Waals surface area contributed by atoms with E-state index in [2.05, 4.69) is 88.5 Å². The fraction of sp³-hybridized carbons (Fsp3) is 0.556. The van der Waals surface area contributed by atoms with Crippen molar-refractivity contribution in [3.05, 3.63) is 76.8 Å². The van der Waals surface area contributed by atoms with Crippen molar-refractivity contribution in [2.45, 2.75) is 83.2 Å². The van der Waals surface area contributed by atoms with Gasteiger partial charge in [0.15, 0.2) is 5.13 Å². The number of hydrogen-bond donors (Lipinski definition) is 1. The summed E-state index contributed by atoms with van der Waals surface area (Å²) >= 11 is 1.77. The lowest BCUT2D eigenvalue weighted by atomic mass is 9.81. The number of anilines is 2. The van der Waals surface area contributed by atoms with Crippen molar-refractivity contribution in [1.29, 1.82) is 0 Å². The molecule has 3 aromatic rings. The molecule has 43 heavy (non-hydrogen) atoms. The average molecular weight is 601 g/mol. The maximum Gasteiger partial charge on any atom is 0.303 e. The van der Waals surface area contributed by atoms with Gasteiger partial charge in [-0.1, -0.05) is 68.3 Å². The van der Waals surface area contributed by atoms with Crippen LogP contribution in [0, 0.1) is 18.8 Å². The molecule has 2 saturated heterocycles. The number of para-hydroxylation sites is 1. The minimum Gasteiger partial charge on any atom is -0.481 e. The van der Waals surface area contributed by atoms with Crippen LogP contribution in [0.15, 0.2) is 60.0 Å². The summed E-state index contributed by atoms with van der Waals surface area (Å²) in [5, 5.41) is 12.9. The van der Waals surface area contributed by atoms with Gasteiger partial charge >= 0.3 is 5.97 Å². The van der Waals surface area contributed by atoms with Gasteiger partial charge in [-0.05, 0) is 68.1 Å². The van der Waals surface area contributed by atoms with Crippen molar-refractivity contribution in [3.8, 4) is 0 Å². The number of rotatable bonds is 10. The number of hydrogen-bond acceptors (Lipinski definition) is 6. The van der Waals surface area contributed by atoms with Crippen LogP contribution in [-0.4, -0.2) is 70.7 Å². The van der Waals surface area contributed by atoms with E-state index in [1.807, 2.05) is 0 Å². The molecule has 2 aromatic carbocycles. The molecule has 6 rings (SSSR count). The second-order valence-corrected chi connectivity index (χ2v) is 13.9. The number of piperidine rings is 1. The monoisotopic (exact) mass is 600 g/mol. The number of likely N-dealkylation sites (tertiary alicyclic amines) is 2. The maximum atomic E-state index is 11.7. The number of aryl methyl sites for hydroxylation is 2. The van der Waals surface area contributed by atoms with Gasteiger partial charge in [-0.2, -0.15) is 0 Å². The Bertz CT molecular complexity index is 1340. The van der Waals surface area contributed by atoms with Gasteiger partial charge in [-0.25, -0.2) is 4.98 Å². The Kier molecular flexibility index (Phi) is 9.80. The van der Waals surface area contributed by atoms with Gasteiger partial charge in [0.2, 0.25) is 0 Å². The first kappa shape index (κ1) is 30.3. The lowest BCUT2D eigenvalue weighted by Gasteiger charge is -2.40. The third-order valence-corrected chi connectivity index (χ3v) is 11.3. The summed E-state index contributed by atoms with van der Waals surface area (Å²) in [4.78, 5) is 24.6. The number of carbonyl (C=O) groups is 1. The zero-order valence-electron chi connectivity index (χ0n) is 25.9. The minimum atomic E-state index is -0.640. The number of aromatic nitrogens is 1. The molecular weight excluding hydrogens is 552 g/mol. The Morgan fingerprint density at radius 3 is 2.44 bits per heavy atom. The van der Waals surface area contributed by atoms with Crippen LogP contribution in [0.25, 0.3) is 0 Å². The van der Waals surface area contributed by atoms with Crippen LogP contribution in [0.4, 0.5) is 10.8 Å². The fourth-order valence-corrected chi connectivity index (χ4v) is 9.10. The third-order valence-electron chi connectivity index (χ3n) is 10.3. The molecule has 2 aliphatic heterocycles. The second kappa shape index (κ2) is 13.9. The zero-order valence-corrected chi connectivity index (χ0v) is 26.7. The highest BCUT2D eigenvalue weighted by molar-refractivity contribution is 7.13. The van der Waals surface area contributed by atoms with E-state index in [0.717, 1.165) is 75.7 Å². The number of nitrogens with zero attached hydrogens (tertiary/aromatic N) is 4. The Labute approximate surface area is 261 Å². The smallest absolute Gasteiger partial charge is 0.303 e. The molecule has 230 valence electrons. The van der Waals surface area contributed by atoms with E-state index in [1.54, 1.807) is 11.3 Å². The largest absolute Gasteiger partial charge is 0.481 e. The van der Waals surface area contributed by atoms with Crippen LogP contribution in [-0.2, 0) is 11.2 Å². The molecule has 3 fully saturated rings. The lowest BCUT2D eigenvalue weighted by molar-refractivity contribution is -0.139. The Balaban J connectivity index is 1.16. The molecule has 3 aliphatic rings. The molecule has 3 heterocycles. The van der Waals surface area contributed by atoms with Gasteiger partial charge in [0, 0.05) is 68.2 Å². The summed E-state index contributed by atoms with van der Waals surface area (Å²) in [6.45, 7) is 9.79. The summed E-state index contributed by atoms with van der Waals surface area (Å²) in [6, 6.07) is 20.8. The summed E-state index contributed by atoms with van der Waals surface area (Å²) in [5.74, 6) is 0.699. The molecule has 1 unspecified atom stereocenters. The third kappa shape index (κ3) is 7.00. The zero-order chi connectivity index (χ0) is 29.8. The Hall–Kier alpha value is -2.74. The number of aliphatic carboxylic acids is 1. The molecular formula is C36H48N4O2S. The standard InChI is InChI=1S/C36H48N4O2S/c1-3-27-11-7-10-16-34(27)40(36-37-26(2)25-43-36)31-17-19-38(20-18-31)22-30-23-39(24-32(30)28-12-5-4-6-13-28)33-15-9-8-14-29(33)21-35(41)42/h4-7,10-13,16,25,29-33H,3,8-9,14-15,17-24H2,1-2H3,(H,41,42)/t29?,30-,32+,33+/m0/s1. The van der Waals surface area contributed by atoms with Crippen LogP contribution in [0.5, 0.6) is 0 Å². The number of thiazole rings is 1. The van der Waals surface area contributed by atoms with E-state index in [4.69, 9.17) is 4.98 Å². The molecule has 6 nitrogen and oxygen atoms in total. The van der Waals surface area contributed by atoms with E-state index >= 15 is 0 Å². The van der Waals surface area contributed by atoms with E-state index in [1.165, 1.54) is 29.7 Å². The molecule has 0 amide bonds. The van der Waals surface area contributed by atoms with Gasteiger partial charge in [-0.15, -0.1) is 11.3 Å². The first-order valence-electron chi connectivity index (χ1n) is 16.5. The average Bonchev–Trinajstić information content (AvgIpc) is 3.65. The predicted molar refractivity (Wildman–Crippen MR) is 177 cm³/mol. The maximum absolute atomic E-state index is 11.7. The minimum absolute atomic E-state index is 0.281. The summed E-state index contributed by atoms with van der Waals surface area (Å²) in [6.07, 6.45) is 8.18. The van der Waals surface area contributed by atoms with E-state index in [0.29, 0.717) is 30.3 Å². The van der Waals surface area contributed by atoms with Crippen LogP contribution >= 0.6 is 11.3 Å². The van der Waals surface area contributed by atoms with Crippen molar-refractivity contribution in [1.82, 2.24) is 14.8 Å². The quantitative estimate of drug-likeness (QED) is 0.262. The normalized spacial score (nSPS) is 25.6. The van der Waals surface area contributed by atoms with Gasteiger partial charge < -0.3 is 14.9 Å². The highest BCUT2D eigenvalue weighted by atomic mass is 32.1. The Morgan fingerprint density at radius 2 is 1.72 bits per heavy atom. The van der Waals surface area contributed by atoms with Gasteiger partial charge in [0.05, 0.1) is 5.69 Å². The van der Waals surface area contributed by atoms with Crippen molar-refractivity contribution in [2.24, 2.45) is 11.8 Å². The molecule has 0 bridgehead atoms. The predicted octanol–water partition coefficient (Wildman–Crippen LogP) is 7.37. The molecule has 1 N–H and O–H groups in total. The van der Waals surface area contributed by atoms with Crippen molar-refractivity contribution in [3.63, 3.8) is 0 Å². The van der Waals surface area contributed by atoms with Gasteiger partial charge in [0.1, 0.15) is 0 Å². The summed E-state index contributed by atoms with van der Waals surface area (Å²) < 4.78 is 0. The topological polar surface area (TPSA) is 59.9 Å². The van der Waals surface area contributed by atoms with E-state index in [-0.39, 0.29) is 5.92 Å². The van der Waals surface area contributed by atoms with E-state index < -0.39 is 5.97 Å².